The van der Waals surface area contributed by atoms with E-state index in [1.54, 1.807) is 12.1 Å². The molecule has 0 aliphatic heterocycles. The van der Waals surface area contributed by atoms with Gasteiger partial charge >= 0.3 is 33.1 Å². The molecule has 0 radical (unpaired) electrons. The van der Waals surface area contributed by atoms with Crippen LogP contribution in [0.5, 0.6) is 5.75 Å². The minimum Gasteiger partial charge on any atom is -0.463 e. The van der Waals surface area contributed by atoms with Gasteiger partial charge in [0.05, 0.1) is 23.3 Å². The zero-order valence-electron chi connectivity index (χ0n) is 29.2. The second kappa shape index (κ2) is 17.2. The number of ether oxygens (including phenoxy) is 2. The number of carbonyl (C=O) groups excluding carboxylic acids is 2. The number of esters is 1. The molecule has 0 saturated heterocycles. The largest absolute Gasteiger partial charge is 2.00 e. The predicted octanol–water partition coefficient (Wildman–Crippen LogP) is 8.86. The zero-order chi connectivity index (χ0) is 35.7. The van der Waals surface area contributed by atoms with Crippen LogP contribution in [0.4, 0.5) is 4.79 Å². The van der Waals surface area contributed by atoms with Crippen molar-refractivity contribution in [2.24, 2.45) is 5.41 Å². The first kappa shape index (κ1) is 37.9. The second-order valence-corrected chi connectivity index (χ2v) is 12.7. The van der Waals surface area contributed by atoms with Crippen LogP contribution in [0.1, 0.15) is 49.7 Å². The molecule has 4 aromatic carbocycles. The van der Waals surface area contributed by atoms with Crippen molar-refractivity contribution < 1.29 is 40.1 Å². The fourth-order valence-electron chi connectivity index (χ4n) is 5.82. The topological polar surface area (TPSA) is 90.4 Å². The number of hydrogen-bond donors (Lipinski definition) is 1. The summed E-state index contributed by atoms with van der Waals surface area (Å²) >= 11 is 0. The summed E-state index contributed by atoms with van der Waals surface area (Å²) in [5.74, 6) is 0.0463. The van der Waals surface area contributed by atoms with E-state index in [0.717, 1.165) is 45.0 Å². The third-order valence-electron chi connectivity index (χ3n) is 8.98. The van der Waals surface area contributed by atoms with E-state index in [0.29, 0.717) is 12.2 Å². The van der Waals surface area contributed by atoms with Crippen LogP contribution in [-0.2, 0) is 36.0 Å². The van der Waals surface area contributed by atoms with Gasteiger partial charge in [-0.15, -0.1) is 71.8 Å². The van der Waals surface area contributed by atoms with Crippen molar-refractivity contribution in [1.29, 1.82) is 0 Å². The summed E-state index contributed by atoms with van der Waals surface area (Å²) in [6, 6.07) is 51.8. The van der Waals surface area contributed by atoms with E-state index in [9.17, 15) is 9.59 Å². The second-order valence-electron chi connectivity index (χ2n) is 12.7. The van der Waals surface area contributed by atoms with Gasteiger partial charge in [0, 0.05) is 0 Å². The third-order valence-corrected chi connectivity index (χ3v) is 8.98. The van der Waals surface area contributed by atoms with Gasteiger partial charge in [-0.3, -0.25) is 14.8 Å². The average molecular weight is 869 g/mol. The standard InChI is InChI=1S/C44H39N3O4.Pt/c1-4-43(2,3)41(48)50-31-30-45-42(49)51-36-28-26-35(27-29-36)44(34-20-12-7-13-21-34,39-24-14-22-37(46-39)32-16-8-5-9-17-32)40-25-15-23-38(47-40)33-18-10-6-11-19-33;/h5-16,18,20-29H,4,30-31H2,1-3H3,(H,45,49);/q-2;+2. The predicted molar refractivity (Wildman–Crippen MR) is 198 cm³/mol. The first-order valence-electron chi connectivity index (χ1n) is 17.0. The molecule has 0 spiro atoms. The molecule has 8 heteroatoms. The van der Waals surface area contributed by atoms with Gasteiger partial charge < -0.3 is 14.8 Å². The van der Waals surface area contributed by atoms with E-state index in [1.807, 2.05) is 136 Å². The molecule has 0 unspecified atom stereocenters. The van der Waals surface area contributed by atoms with Crippen LogP contribution in [0.3, 0.4) is 0 Å². The molecule has 0 aliphatic carbocycles. The fourth-order valence-corrected chi connectivity index (χ4v) is 5.82. The van der Waals surface area contributed by atoms with Crippen molar-refractivity contribution in [3.8, 4) is 28.3 Å². The van der Waals surface area contributed by atoms with Crippen molar-refractivity contribution in [3.63, 3.8) is 0 Å². The van der Waals surface area contributed by atoms with Crippen LogP contribution in [-0.4, -0.2) is 35.2 Å². The van der Waals surface area contributed by atoms with Crippen molar-refractivity contribution in [1.82, 2.24) is 15.3 Å². The molecular weight excluding hydrogens is 830 g/mol. The summed E-state index contributed by atoms with van der Waals surface area (Å²) in [6.07, 6.45) is 0.00756. The number of carbonyl (C=O) groups is 2. The molecule has 0 aliphatic rings. The summed E-state index contributed by atoms with van der Waals surface area (Å²) in [6.45, 7) is 5.77. The number of pyridine rings is 2. The molecule has 6 rings (SSSR count). The van der Waals surface area contributed by atoms with E-state index < -0.39 is 16.9 Å². The molecule has 0 atom stereocenters. The van der Waals surface area contributed by atoms with E-state index in [4.69, 9.17) is 19.4 Å². The number of rotatable bonds is 12. The molecule has 2 heterocycles. The molecular formula is C44H39N3O4Pt. The Kier molecular flexibility index (Phi) is 12.5. The summed E-state index contributed by atoms with van der Waals surface area (Å²) in [4.78, 5) is 35.5. The Morgan fingerprint density at radius 3 is 1.73 bits per heavy atom. The van der Waals surface area contributed by atoms with E-state index in [2.05, 4.69) is 29.6 Å². The molecule has 2 aromatic heterocycles. The maximum atomic E-state index is 12.7. The van der Waals surface area contributed by atoms with Crippen molar-refractivity contribution >= 4 is 12.1 Å². The number of nitrogens with one attached hydrogen (secondary N) is 1. The Hall–Kier alpha value is -5.39. The van der Waals surface area contributed by atoms with Gasteiger partial charge in [0.15, 0.2) is 0 Å². The summed E-state index contributed by atoms with van der Waals surface area (Å²) in [5.41, 5.74) is 5.10. The van der Waals surface area contributed by atoms with E-state index in [-0.39, 0.29) is 40.2 Å². The van der Waals surface area contributed by atoms with Gasteiger partial charge in [-0.1, -0.05) is 73.7 Å². The Morgan fingerprint density at radius 1 is 0.673 bits per heavy atom. The van der Waals surface area contributed by atoms with Gasteiger partial charge in [0.25, 0.3) is 0 Å². The number of nitrogens with zero attached hydrogens (tertiary/aromatic N) is 2. The van der Waals surface area contributed by atoms with Gasteiger partial charge in [-0.05, 0) is 67.0 Å². The van der Waals surface area contributed by atoms with Crippen LogP contribution in [0.2, 0.25) is 0 Å². The van der Waals surface area contributed by atoms with Crippen LogP contribution in [0, 0.1) is 17.5 Å². The molecule has 0 bridgehead atoms. The van der Waals surface area contributed by atoms with Gasteiger partial charge in [0.2, 0.25) is 0 Å². The number of hydrogen-bond acceptors (Lipinski definition) is 6. The average Bonchev–Trinajstić information content (AvgIpc) is 3.18. The van der Waals surface area contributed by atoms with Crippen molar-refractivity contribution in [2.75, 3.05) is 13.2 Å². The van der Waals surface area contributed by atoms with Crippen LogP contribution in [0.25, 0.3) is 22.5 Å². The molecule has 264 valence electrons. The zero-order valence-corrected chi connectivity index (χ0v) is 31.5. The molecule has 1 N–H and O–H groups in total. The fraction of sp³-hybridized carbons (Fsp3) is 0.182. The number of amides is 1. The Morgan fingerprint density at radius 2 is 1.21 bits per heavy atom. The SMILES string of the molecule is CCC(C)(C)C(=O)OCCNC(=O)Oc1ccc(C(c2ccccc2)(c2cccc(-c3[c-]cccc3)n2)c2cccc(-c3[c-]cccc3)n2)cc1.[Pt+2]. The quantitative estimate of drug-likeness (QED) is 0.0752. The number of aromatic nitrogens is 2. The molecule has 0 saturated carbocycles. The summed E-state index contributed by atoms with van der Waals surface area (Å²) < 4.78 is 10.9. The van der Waals surface area contributed by atoms with E-state index >= 15 is 0 Å². The summed E-state index contributed by atoms with van der Waals surface area (Å²) in [7, 11) is 0. The Labute approximate surface area is 319 Å². The smallest absolute Gasteiger partial charge is 0.463 e. The molecule has 6 aromatic rings. The first-order chi connectivity index (χ1) is 24.8. The van der Waals surface area contributed by atoms with Crippen LogP contribution in [0.15, 0.2) is 140 Å². The minimum absolute atomic E-state index is 0. The van der Waals surface area contributed by atoms with Gasteiger partial charge in [-0.2, -0.15) is 0 Å². The summed E-state index contributed by atoms with van der Waals surface area (Å²) in [5, 5.41) is 2.66. The molecule has 7 nitrogen and oxygen atoms in total. The van der Waals surface area contributed by atoms with Crippen LogP contribution >= 0.6 is 0 Å². The van der Waals surface area contributed by atoms with E-state index in [1.165, 1.54) is 0 Å². The minimum atomic E-state index is -0.978. The van der Waals surface area contributed by atoms with Gasteiger partial charge in [-0.25, -0.2) is 4.79 Å². The number of benzene rings is 4. The third kappa shape index (κ3) is 8.38. The molecule has 0 fully saturated rings. The molecule has 1 amide bonds. The maximum absolute atomic E-state index is 12.7. The van der Waals surface area contributed by atoms with Crippen molar-refractivity contribution in [2.45, 2.75) is 32.6 Å². The Balaban J connectivity index is 0.00000523. The maximum Gasteiger partial charge on any atom is 2.00 e. The van der Waals surface area contributed by atoms with Gasteiger partial charge in [0.1, 0.15) is 17.8 Å². The van der Waals surface area contributed by atoms with Crippen molar-refractivity contribution in [3.05, 3.63) is 174 Å². The Bertz CT molecular complexity index is 1990. The normalized spacial score (nSPS) is 11.2. The van der Waals surface area contributed by atoms with Crippen LogP contribution < -0.4 is 10.1 Å². The molecule has 52 heavy (non-hydrogen) atoms. The monoisotopic (exact) mass is 868 g/mol. The first-order valence-corrected chi connectivity index (χ1v) is 17.0.